The molecule has 0 bridgehead atoms. The molecule has 0 spiro atoms. The summed E-state index contributed by atoms with van der Waals surface area (Å²) < 4.78 is 27.5. The van der Waals surface area contributed by atoms with E-state index in [1.165, 1.54) is 0 Å². The highest BCUT2D eigenvalue weighted by Crippen LogP contribution is 2.55. The molecular weight excluding hydrogens is 653 g/mol. The zero-order chi connectivity index (χ0) is 35.9. The second-order valence-electron chi connectivity index (χ2n) is 12.5. The van der Waals surface area contributed by atoms with Crippen LogP contribution in [0.3, 0.4) is 0 Å². The average molecular weight is 700 g/mol. The molecule has 0 heterocycles. The summed E-state index contributed by atoms with van der Waals surface area (Å²) >= 11 is 0. The molecule has 0 saturated heterocycles. The van der Waals surface area contributed by atoms with Crippen molar-refractivity contribution in [2.75, 3.05) is 0 Å². The van der Waals surface area contributed by atoms with Crippen molar-refractivity contribution in [1.82, 2.24) is 10.2 Å². The van der Waals surface area contributed by atoms with Gasteiger partial charge in [-0.2, -0.15) is 0 Å². The third-order valence-corrected chi connectivity index (χ3v) is 10.3. The molecule has 0 aromatic heterocycles. The fraction of sp³-hybridized carbons (Fsp3) is 0.308. The summed E-state index contributed by atoms with van der Waals surface area (Å²) in [6.07, 6.45) is 0.727. The molecule has 10 nitrogen and oxygen atoms in total. The summed E-state index contributed by atoms with van der Waals surface area (Å²) in [6, 6.07) is 32.9. The van der Waals surface area contributed by atoms with E-state index in [4.69, 9.17) is 14.8 Å². The number of primary amides is 1. The maximum Gasteiger partial charge on any atom is 0.348 e. The van der Waals surface area contributed by atoms with Crippen LogP contribution in [0.5, 0.6) is 0 Å². The van der Waals surface area contributed by atoms with E-state index < -0.39 is 43.4 Å². The van der Waals surface area contributed by atoms with Crippen molar-refractivity contribution in [3.05, 3.63) is 144 Å². The number of nitrogens with zero attached hydrogens (tertiary/aromatic N) is 1. The first-order chi connectivity index (χ1) is 24.1. The quantitative estimate of drug-likeness (QED) is 0.0872. The van der Waals surface area contributed by atoms with Gasteiger partial charge in [0, 0.05) is 6.42 Å². The highest BCUT2D eigenvalue weighted by Gasteiger charge is 2.42. The van der Waals surface area contributed by atoms with Crippen LogP contribution in [0.2, 0.25) is 0 Å². The van der Waals surface area contributed by atoms with Gasteiger partial charge in [-0.05, 0) is 47.4 Å². The van der Waals surface area contributed by atoms with Crippen LogP contribution in [0, 0.1) is 5.92 Å². The molecular formula is C39H46N3O7P. The average Bonchev–Trinajstić information content (AvgIpc) is 3.12. The van der Waals surface area contributed by atoms with Gasteiger partial charge in [-0.25, -0.2) is 14.5 Å². The Hall–Kier alpha value is -4.60. The van der Waals surface area contributed by atoms with E-state index in [2.05, 4.69) is 5.32 Å². The Morgan fingerprint density at radius 1 is 0.740 bits per heavy atom. The normalized spacial score (nSPS) is 13.3. The molecule has 4 rings (SSSR count). The van der Waals surface area contributed by atoms with E-state index in [0.717, 1.165) is 16.7 Å². The van der Waals surface area contributed by atoms with Crippen LogP contribution < -0.4 is 11.1 Å². The number of carbonyl (C=O) groups excluding carboxylic acids is 2. The van der Waals surface area contributed by atoms with Gasteiger partial charge in [0.2, 0.25) is 5.91 Å². The van der Waals surface area contributed by atoms with Gasteiger partial charge in [-0.15, -0.1) is 0 Å². The maximum atomic E-state index is 15.1. The highest BCUT2D eigenvalue weighted by molar-refractivity contribution is 7.54. The topological polar surface area (TPSA) is 148 Å². The van der Waals surface area contributed by atoms with Gasteiger partial charge in [-0.3, -0.25) is 14.7 Å². The first-order valence-corrected chi connectivity index (χ1v) is 18.3. The molecule has 264 valence electrons. The molecule has 50 heavy (non-hydrogen) atoms. The zero-order valence-electron chi connectivity index (χ0n) is 28.5. The van der Waals surface area contributed by atoms with Crippen molar-refractivity contribution in [3.63, 3.8) is 0 Å². The van der Waals surface area contributed by atoms with Gasteiger partial charge in [0.15, 0.2) is 0 Å². The van der Waals surface area contributed by atoms with Crippen molar-refractivity contribution in [2.45, 2.75) is 70.6 Å². The summed E-state index contributed by atoms with van der Waals surface area (Å²) in [5, 5.41) is 13.5. The number of hydrogen-bond acceptors (Lipinski definition) is 7. The van der Waals surface area contributed by atoms with Crippen LogP contribution in [-0.4, -0.2) is 45.8 Å². The first kappa shape index (κ1) is 38.2. The van der Waals surface area contributed by atoms with Crippen LogP contribution in [0.25, 0.3) is 0 Å². The minimum Gasteiger partial charge on any atom is -0.480 e. The number of urea groups is 1. The molecule has 4 aromatic carbocycles. The summed E-state index contributed by atoms with van der Waals surface area (Å²) in [4.78, 5) is 40.5. The van der Waals surface area contributed by atoms with E-state index in [0.29, 0.717) is 16.9 Å². The molecule has 0 aliphatic rings. The van der Waals surface area contributed by atoms with Crippen molar-refractivity contribution in [1.29, 1.82) is 0 Å². The maximum absolute atomic E-state index is 15.1. The SMILES string of the molecule is CC(C)C[C@H](NC(CCc1ccccc1)P(=O)(OCc1ccccc1)OCc1ccccc1)C(=O)N(C(N)=O)[C@@H](Cc1ccccc1)C(=O)O. The van der Waals surface area contributed by atoms with Crippen LogP contribution in [0.4, 0.5) is 4.79 Å². The molecule has 4 N–H and O–H groups in total. The number of aliphatic carboxylic acids is 1. The third kappa shape index (κ3) is 11.5. The van der Waals surface area contributed by atoms with E-state index in [-0.39, 0.29) is 38.4 Å². The predicted molar refractivity (Wildman–Crippen MR) is 193 cm³/mol. The lowest BCUT2D eigenvalue weighted by molar-refractivity contribution is -0.148. The monoisotopic (exact) mass is 699 g/mol. The minimum atomic E-state index is -4.10. The Kier molecular flexibility index (Phi) is 14.5. The van der Waals surface area contributed by atoms with Crippen LogP contribution in [0.15, 0.2) is 121 Å². The van der Waals surface area contributed by atoms with Crippen molar-refractivity contribution in [2.24, 2.45) is 11.7 Å². The largest absolute Gasteiger partial charge is 0.480 e. The highest BCUT2D eigenvalue weighted by atomic mass is 31.2. The number of hydrogen-bond donors (Lipinski definition) is 3. The Morgan fingerprint density at radius 2 is 1.18 bits per heavy atom. The summed E-state index contributed by atoms with van der Waals surface area (Å²) in [5.74, 6) is -3.34. The van der Waals surface area contributed by atoms with Crippen molar-refractivity contribution in [3.8, 4) is 0 Å². The number of nitrogens with two attached hydrogens (primary N) is 1. The summed E-state index contributed by atoms with van der Waals surface area (Å²) in [5.41, 5.74) is 8.88. The van der Waals surface area contributed by atoms with Crippen LogP contribution >= 0.6 is 7.60 Å². The molecule has 4 aromatic rings. The number of aryl methyl sites for hydroxylation is 1. The zero-order valence-corrected chi connectivity index (χ0v) is 29.4. The number of nitrogens with one attached hydrogen (secondary N) is 1. The lowest BCUT2D eigenvalue weighted by Crippen LogP contribution is -2.59. The molecule has 3 atom stereocenters. The lowest BCUT2D eigenvalue weighted by Gasteiger charge is -2.34. The van der Waals surface area contributed by atoms with Gasteiger partial charge in [-0.1, -0.05) is 135 Å². The van der Waals surface area contributed by atoms with E-state index in [9.17, 15) is 19.5 Å². The number of rotatable bonds is 19. The first-order valence-electron chi connectivity index (χ1n) is 16.7. The van der Waals surface area contributed by atoms with Crippen molar-refractivity contribution >= 4 is 25.5 Å². The second kappa shape index (κ2) is 19.0. The Morgan fingerprint density at radius 3 is 1.60 bits per heavy atom. The number of carbonyl (C=O) groups is 3. The van der Waals surface area contributed by atoms with Gasteiger partial charge >= 0.3 is 19.6 Å². The van der Waals surface area contributed by atoms with Crippen molar-refractivity contribution < 1.29 is 33.1 Å². The Labute approximate surface area is 294 Å². The van der Waals surface area contributed by atoms with E-state index >= 15 is 4.57 Å². The Bertz CT molecular complexity index is 1640. The second-order valence-corrected chi connectivity index (χ2v) is 14.8. The lowest BCUT2D eigenvalue weighted by atomic mass is 9.99. The molecule has 0 fully saturated rings. The fourth-order valence-corrected chi connectivity index (χ4v) is 7.53. The predicted octanol–water partition coefficient (Wildman–Crippen LogP) is 7.18. The standard InChI is InChI=1S/C39H46N3O7P/c1-29(2)25-34(37(43)42(39(40)46)35(38(44)45)26-31-17-9-4-10-18-31)41-36(24-23-30-15-7-3-8-16-30)50(47,48-27-32-19-11-5-12-20-32)49-28-33-21-13-6-14-22-33/h3-22,29,34-36,41H,23-28H2,1-2H3,(H2,40,46)(H,44,45)/t34-,35-,36?/m0/s1. The van der Waals surface area contributed by atoms with Gasteiger partial charge in [0.1, 0.15) is 11.8 Å². The molecule has 11 heteroatoms. The third-order valence-electron chi connectivity index (χ3n) is 8.18. The van der Waals surface area contributed by atoms with Crippen LogP contribution in [0.1, 0.15) is 48.9 Å². The molecule has 0 aliphatic heterocycles. The number of carboxylic acid groups (broad SMARTS) is 1. The molecule has 0 radical (unpaired) electrons. The van der Waals surface area contributed by atoms with Gasteiger partial charge in [0.05, 0.1) is 19.3 Å². The minimum absolute atomic E-state index is 0.0230. The number of imide groups is 1. The number of amides is 3. The smallest absolute Gasteiger partial charge is 0.348 e. The fourth-order valence-electron chi connectivity index (χ4n) is 5.63. The van der Waals surface area contributed by atoms with Gasteiger partial charge < -0.3 is 19.9 Å². The molecule has 0 saturated carbocycles. The van der Waals surface area contributed by atoms with Gasteiger partial charge in [0.25, 0.3) is 0 Å². The van der Waals surface area contributed by atoms with Crippen LogP contribution in [-0.2, 0) is 49.3 Å². The number of benzene rings is 4. The molecule has 1 unspecified atom stereocenters. The molecule has 0 aliphatic carbocycles. The van der Waals surface area contributed by atoms with E-state index in [1.54, 1.807) is 30.3 Å². The Balaban J connectivity index is 1.72. The molecule has 3 amide bonds. The summed E-state index contributed by atoms with van der Waals surface area (Å²) in [6.45, 7) is 3.74. The van der Waals surface area contributed by atoms with E-state index in [1.807, 2.05) is 105 Å². The summed E-state index contributed by atoms with van der Waals surface area (Å²) in [7, 11) is -4.10. The number of carboxylic acids is 1.